The molecule has 0 aromatic heterocycles. The summed E-state index contributed by atoms with van der Waals surface area (Å²) >= 11 is 0. The summed E-state index contributed by atoms with van der Waals surface area (Å²) in [5.41, 5.74) is -1.35. The Balaban J connectivity index is 2.16. The molecule has 4 rings (SSSR count). The van der Waals surface area contributed by atoms with E-state index in [1.54, 1.807) is 0 Å². The normalized spacial score (nSPS) is 54.3. The Labute approximate surface area is 107 Å². The van der Waals surface area contributed by atoms with E-state index < -0.39 is 17.5 Å². The summed E-state index contributed by atoms with van der Waals surface area (Å²) in [6.07, 6.45) is 2.06. The minimum Gasteiger partial charge on any atom is -0.387 e. The van der Waals surface area contributed by atoms with Gasteiger partial charge in [0.15, 0.2) is 11.6 Å². The van der Waals surface area contributed by atoms with Crippen LogP contribution in [-0.4, -0.2) is 33.5 Å². The number of aliphatic hydroxyl groups excluding tert-OH is 1. The SMILES string of the molecule is CC1(C)CCC(=O)C2(C)OC3(O)CCC12CC3O. The highest BCUT2D eigenvalue weighted by Crippen LogP contribution is 2.67. The number of hydrogen-bond donors (Lipinski definition) is 2. The van der Waals surface area contributed by atoms with Crippen molar-refractivity contribution in [3.05, 3.63) is 0 Å². The van der Waals surface area contributed by atoms with E-state index in [9.17, 15) is 15.0 Å². The maximum absolute atomic E-state index is 12.4. The molecule has 4 atom stereocenters. The van der Waals surface area contributed by atoms with Crippen molar-refractivity contribution in [2.24, 2.45) is 10.8 Å². The van der Waals surface area contributed by atoms with Crippen LogP contribution in [0.2, 0.25) is 0 Å². The molecule has 4 fully saturated rings. The van der Waals surface area contributed by atoms with Gasteiger partial charge in [-0.25, -0.2) is 0 Å². The van der Waals surface area contributed by atoms with E-state index in [4.69, 9.17) is 4.74 Å². The molecule has 4 unspecified atom stereocenters. The van der Waals surface area contributed by atoms with Gasteiger partial charge in [0.05, 0.1) is 0 Å². The molecule has 102 valence electrons. The lowest BCUT2D eigenvalue weighted by Gasteiger charge is -2.68. The highest BCUT2D eigenvalue weighted by molar-refractivity contribution is 5.89. The van der Waals surface area contributed by atoms with Crippen LogP contribution in [0.5, 0.6) is 0 Å². The van der Waals surface area contributed by atoms with E-state index in [0.717, 1.165) is 12.8 Å². The Kier molecular flexibility index (Phi) is 2.21. The summed E-state index contributed by atoms with van der Waals surface area (Å²) in [7, 11) is 0. The first kappa shape index (κ1) is 12.6. The van der Waals surface area contributed by atoms with Crippen molar-refractivity contribution in [3.63, 3.8) is 0 Å². The molecular formula is C14H22O4. The molecule has 4 aliphatic rings. The average Bonchev–Trinajstić information content (AvgIpc) is 2.27. The lowest BCUT2D eigenvalue weighted by Crippen LogP contribution is -2.76. The van der Waals surface area contributed by atoms with Crippen LogP contribution < -0.4 is 0 Å². The molecule has 2 saturated heterocycles. The fraction of sp³-hybridized carbons (Fsp3) is 0.929. The predicted octanol–water partition coefficient (Wildman–Crippen LogP) is 1.38. The average molecular weight is 254 g/mol. The van der Waals surface area contributed by atoms with E-state index in [1.807, 2.05) is 6.92 Å². The van der Waals surface area contributed by atoms with Gasteiger partial charge >= 0.3 is 0 Å². The first-order valence-electron chi connectivity index (χ1n) is 6.81. The number of hydrogen-bond acceptors (Lipinski definition) is 4. The number of aliphatic hydroxyl groups is 2. The number of carbonyl (C=O) groups is 1. The maximum Gasteiger partial charge on any atom is 0.193 e. The topological polar surface area (TPSA) is 66.8 Å². The van der Waals surface area contributed by atoms with Gasteiger partial charge in [0.1, 0.15) is 11.7 Å². The summed E-state index contributed by atoms with van der Waals surface area (Å²) in [5, 5.41) is 20.5. The number of rotatable bonds is 0. The van der Waals surface area contributed by atoms with Gasteiger partial charge in [0, 0.05) is 18.3 Å². The lowest BCUT2D eigenvalue weighted by atomic mass is 9.44. The molecule has 2 bridgehead atoms. The molecule has 2 aliphatic heterocycles. The van der Waals surface area contributed by atoms with Gasteiger partial charge in [-0.15, -0.1) is 0 Å². The Bertz CT molecular complexity index is 418. The zero-order valence-electron chi connectivity index (χ0n) is 11.3. The van der Waals surface area contributed by atoms with Gasteiger partial charge in [0.25, 0.3) is 0 Å². The molecule has 1 spiro atoms. The van der Waals surface area contributed by atoms with Gasteiger partial charge in [-0.1, -0.05) is 13.8 Å². The van der Waals surface area contributed by atoms with Crippen molar-refractivity contribution in [1.29, 1.82) is 0 Å². The molecule has 4 heteroatoms. The Morgan fingerprint density at radius 1 is 1.22 bits per heavy atom. The second kappa shape index (κ2) is 3.17. The molecule has 0 aromatic carbocycles. The molecule has 2 N–H and O–H groups in total. The molecule has 2 aliphatic carbocycles. The highest BCUT2D eigenvalue weighted by Gasteiger charge is 2.73. The van der Waals surface area contributed by atoms with E-state index in [0.29, 0.717) is 19.3 Å². The van der Waals surface area contributed by atoms with Gasteiger partial charge in [-0.2, -0.15) is 0 Å². The maximum atomic E-state index is 12.4. The third kappa shape index (κ3) is 1.15. The molecule has 2 heterocycles. The van der Waals surface area contributed by atoms with Crippen LogP contribution >= 0.6 is 0 Å². The van der Waals surface area contributed by atoms with Crippen molar-refractivity contribution >= 4 is 5.78 Å². The second-order valence-electron chi connectivity index (χ2n) is 7.09. The number of carbonyl (C=O) groups excluding carboxylic acids is 1. The van der Waals surface area contributed by atoms with Crippen LogP contribution in [0.1, 0.15) is 52.9 Å². The van der Waals surface area contributed by atoms with Gasteiger partial charge < -0.3 is 14.9 Å². The molecule has 18 heavy (non-hydrogen) atoms. The van der Waals surface area contributed by atoms with Crippen molar-refractivity contribution in [2.75, 3.05) is 0 Å². The van der Waals surface area contributed by atoms with Crippen LogP contribution in [0, 0.1) is 10.8 Å². The first-order chi connectivity index (χ1) is 8.17. The monoisotopic (exact) mass is 254 g/mol. The molecular weight excluding hydrogens is 232 g/mol. The smallest absolute Gasteiger partial charge is 0.193 e. The highest BCUT2D eigenvalue weighted by atomic mass is 16.7. The summed E-state index contributed by atoms with van der Waals surface area (Å²) in [5.74, 6) is -1.45. The Morgan fingerprint density at radius 2 is 1.89 bits per heavy atom. The van der Waals surface area contributed by atoms with Crippen molar-refractivity contribution < 1.29 is 19.7 Å². The van der Waals surface area contributed by atoms with Gasteiger partial charge in [-0.05, 0) is 31.6 Å². The largest absolute Gasteiger partial charge is 0.387 e. The number of ether oxygens (including phenoxy) is 1. The number of ketones is 1. The quantitative estimate of drug-likeness (QED) is 0.685. The van der Waals surface area contributed by atoms with Crippen molar-refractivity contribution in [2.45, 2.75) is 70.4 Å². The second-order valence-corrected chi connectivity index (χ2v) is 7.09. The molecule has 0 radical (unpaired) electrons. The van der Waals surface area contributed by atoms with E-state index >= 15 is 0 Å². The van der Waals surface area contributed by atoms with E-state index in [2.05, 4.69) is 13.8 Å². The third-order valence-corrected chi connectivity index (χ3v) is 6.07. The third-order valence-electron chi connectivity index (χ3n) is 6.07. The first-order valence-corrected chi connectivity index (χ1v) is 6.81. The molecule has 0 aromatic rings. The van der Waals surface area contributed by atoms with E-state index in [-0.39, 0.29) is 16.6 Å². The zero-order valence-corrected chi connectivity index (χ0v) is 11.3. The van der Waals surface area contributed by atoms with Crippen LogP contribution in [0.4, 0.5) is 0 Å². The number of fused-ring (bicyclic) bond motifs is 2. The van der Waals surface area contributed by atoms with Crippen LogP contribution in [0.25, 0.3) is 0 Å². The van der Waals surface area contributed by atoms with Gasteiger partial charge in [0.2, 0.25) is 0 Å². The zero-order chi connectivity index (χ0) is 13.4. The summed E-state index contributed by atoms with van der Waals surface area (Å²) in [6, 6.07) is 0. The standard InChI is InChI=1S/C14H22O4/c1-11(2)5-4-9(15)12(3)13(11)6-7-14(17,18-12)10(16)8-13/h10,16-17H,4-8H2,1-3H3. The fourth-order valence-electron chi connectivity index (χ4n) is 4.64. The summed E-state index contributed by atoms with van der Waals surface area (Å²) in [4.78, 5) is 12.4. The Hall–Kier alpha value is -0.450. The minimum absolute atomic E-state index is 0.0572. The van der Waals surface area contributed by atoms with E-state index in [1.165, 1.54) is 0 Å². The molecule has 0 amide bonds. The molecule has 4 nitrogen and oxygen atoms in total. The summed E-state index contributed by atoms with van der Waals surface area (Å²) < 4.78 is 5.77. The minimum atomic E-state index is -1.53. The predicted molar refractivity (Wildman–Crippen MR) is 64.8 cm³/mol. The Morgan fingerprint density at radius 3 is 2.50 bits per heavy atom. The summed E-state index contributed by atoms with van der Waals surface area (Å²) in [6.45, 7) is 6.12. The van der Waals surface area contributed by atoms with Crippen LogP contribution in [-0.2, 0) is 9.53 Å². The molecule has 2 saturated carbocycles. The van der Waals surface area contributed by atoms with Crippen LogP contribution in [0.3, 0.4) is 0 Å². The van der Waals surface area contributed by atoms with Crippen molar-refractivity contribution in [3.8, 4) is 0 Å². The number of Topliss-reactive ketones (excluding diaryl/α,β-unsaturated/α-hetero) is 1. The fourth-order valence-corrected chi connectivity index (χ4v) is 4.64. The van der Waals surface area contributed by atoms with Crippen molar-refractivity contribution in [1.82, 2.24) is 0 Å². The van der Waals surface area contributed by atoms with Crippen LogP contribution in [0.15, 0.2) is 0 Å². The lowest BCUT2D eigenvalue weighted by molar-refractivity contribution is -0.402. The van der Waals surface area contributed by atoms with Gasteiger partial charge in [-0.3, -0.25) is 4.79 Å².